The molecule has 4 heterocycles. The minimum Gasteiger partial charge on any atom is -0.446 e. The molecule has 2 aromatic heterocycles. The zero-order valence-electron chi connectivity index (χ0n) is 20.5. The Labute approximate surface area is 213 Å². The van der Waals surface area contributed by atoms with Gasteiger partial charge >= 0.3 is 6.09 Å². The highest BCUT2D eigenvalue weighted by Crippen LogP contribution is 2.32. The molecule has 2 aromatic rings. The van der Waals surface area contributed by atoms with Gasteiger partial charge in [0.25, 0.3) is 5.91 Å². The lowest BCUT2D eigenvalue weighted by Gasteiger charge is -2.30. The normalized spacial score (nSPS) is 26.1. The van der Waals surface area contributed by atoms with E-state index in [0.717, 1.165) is 25.7 Å². The van der Waals surface area contributed by atoms with Crippen LogP contribution in [0.25, 0.3) is 11.2 Å². The molecule has 198 valence electrons. The molecule has 0 aromatic carbocycles. The zero-order valence-corrected chi connectivity index (χ0v) is 20.5. The second-order valence-corrected chi connectivity index (χ2v) is 9.60. The van der Waals surface area contributed by atoms with Gasteiger partial charge in [0.15, 0.2) is 23.8 Å². The number of rotatable bonds is 5. The number of aromatic nitrogens is 4. The van der Waals surface area contributed by atoms with Crippen molar-refractivity contribution in [1.29, 1.82) is 0 Å². The van der Waals surface area contributed by atoms with Gasteiger partial charge in [-0.1, -0.05) is 5.92 Å². The molecule has 4 atom stereocenters. The predicted molar refractivity (Wildman–Crippen MR) is 130 cm³/mol. The van der Waals surface area contributed by atoms with Crippen LogP contribution in [-0.4, -0.2) is 90.7 Å². The summed E-state index contributed by atoms with van der Waals surface area (Å²) in [7, 11) is 0. The number of hydrogen-bond donors (Lipinski definition) is 4. The van der Waals surface area contributed by atoms with Gasteiger partial charge in [0.2, 0.25) is 5.82 Å². The van der Waals surface area contributed by atoms with Crippen molar-refractivity contribution in [1.82, 2.24) is 29.7 Å². The highest BCUT2D eigenvalue weighted by Gasteiger charge is 2.47. The van der Waals surface area contributed by atoms with E-state index >= 15 is 0 Å². The van der Waals surface area contributed by atoms with Crippen LogP contribution in [0.1, 0.15) is 51.1 Å². The molecule has 13 heteroatoms. The summed E-state index contributed by atoms with van der Waals surface area (Å²) in [4.78, 5) is 39.0. The van der Waals surface area contributed by atoms with Gasteiger partial charge in [0.1, 0.15) is 23.8 Å². The number of anilines is 1. The Balaban J connectivity index is 1.25. The maximum atomic E-state index is 12.2. The van der Waals surface area contributed by atoms with E-state index in [9.17, 15) is 19.8 Å². The molecule has 2 saturated heterocycles. The first-order valence-corrected chi connectivity index (χ1v) is 12.6. The number of nitrogens with zero attached hydrogens (tertiary/aromatic N) is 5. The van der Waals surface area contributed by atoms with Gasteiger partial charge in [-0.15, -0.1) is 0 Å². The summed E-state index contributed by atoms with van der Waals surface area (Å²) < 4.78 is 12.5. The molecular formula is C24H31N7O6. The third-order valence-electron chi connectivity index (χ3n) is 6.83. The number of hydrogen-bond acceptors (Lipinski definition) is 10. The number of ether oxygens (including phenoxy) is 2. The standard InChI is InChI=1S/C24H31N7O6/c1-2-26-22(34)19-17(32)18(33)23(37-19)31-12-27-16-20(25)28-15(29-21(16)31)5-3-4-13-8-10-30(11-9-13)24(35)36-14-6-7-14/h12-14,17-19,23,32-33H,2,4,6-11H2,1H3,(H,26,34)(H2,25,28,29). The molecule has 0 radical (unpaired) electrons. The first kappa shape index (κ1) is 25.2. The average molecular weight is 514 g/mol. The van der Waals surface area contributed by atoms with Gasteiger partial charge in [-0.3, -0.25) is 9.36 Å². The number of nitrogens with one attached hydrogen (secondary N) is 1. The Bertz CT molecular complexity index is 1230. The Morgan fingerprint density at radius 3 is 2.68 bits per heavy atom. The van der Waals surface area contributed by atoms with Crippen LogP contribution in [0.2, 0.25) is 0 Å². The quantitative estimate of drug-likeness (QED) is 0.395. The van der Waals surface area contributed by atoms with Crippen molar-refractivity contribution in [2.24, 2.45) is 5.92 Å². The number of imidazole rings is 1. The van der Waals surface area contributed by atoms with Crippen molar-refractivity contribution in [3.8, 4) is 11.8 Å². The van der Waals surface area contributed by atoms with Gasteiger partial charge in [0.05, 0.1) is 6.33 Å². The maximum absolute atomic E-state index is 12.2. The van der Waals surface area contributed by atoms with Crippen molar-refractivity contribution in [2.45, 2.75) is 69.7 Å². The molecule has 1 saturated carbocycles. The fraction of sp³-hybridized carbons (Fsp3) is 0.625. The van der Waals surface area contributed by atoms with Crippen LogP contribution in [0.3, 0.4) is 0 Å². The Kier molecular flexibility index (Phi) is 7.14. The number of nitrogens with two attached hydrogens (primary N) is 1. The van der Waals surface area contributed by atoms with E-state index in [1.807, 2.05) is 0 Å². The topological polar surface area (TPSA) is 178 Å². The number of nitrogen functional groups attached to an aromatic ring is 1. The molecule has 3 aliphatic rings. The van der Waals surface area contributed by atoms with Crippen LogP contribution in [0.4, 0.5) is 10.6 Å². The fourth-order valence-electron chi connectivity index (χ4n) is 4.56. The minimum atomic E-state index is -1.42. The molecule has 3 fully saturated rings. The third kappa shape index (κ3) is 5.31. The van der Waals surface area contributed by atoms with Crippen molar-refractivity contribution in [2.75, 3.05) is 25.4 Å². The van der Waals surface area contributed by atoms with E-state index in [1.165, 1.54) is 10.9 Å². The number of aliphatic hydroxyl groups excluding tert-OH is 2. The highest BCUT2D eigenvalue weighted by atomic mass is 16.6. The van der Waals surface area contributed by atoms with Crippen LogP contribution in [0.15, 0.2) is 6.33 Å². The van der Waals surface area contributed by atoms with Crippen LogP contribution in [-0.2, 0) is 14.3 Å². The molecule has 4 unspecified atom stereocenters. The summed E-state index contributed by atoms with van der Waals surface area (Å²) in [6.45, 7) is 3.41. The van der Waals surface area contributed by atoms with E-state index in [-0.39, 0.29) is 29.5 Å². The number of likely N-dealkylation sites (tertiary alicyclic amines) is 1. The lowest BCUT2D eigenvalue weighted by atomic mass is 9.94. The second-order valence-electron chi connectivity index (χ2n) is 9.60. The number of amides is 2. The summed E-state index contributed by atoms with van der Waals surface area (Å²) in [6.07, 6.45) is 0.342. The Morgan fingerprint density at radius 1 is 1.22 bits per heavy atom. The summed E-state index contributed by atoms with van der Waals surface area (Å²) >= 11 is 0. The summed E-state index contributed by atoms with van der Waals surface area (Å²) in [5, 5.41) is 23.5. The van der Waals surface area contributed by atoms with E-state index in [1.54, 1.807) is 11.8 Å². The second kappa shape index (κ2) is 10.5. The first-order chi connectivity index (χ1) is 17.9. The van der Waals surface area contributed by atoms with E-state index in [0.29, 0.717) is 37.5 Å². The first-order valence-electron chi connectivity index (χ1n) is 12.6. The number of piperidine rings is 1. The average Bonchev–Trinajstić information content (AvgIpc) is 3.52. The smallest absolute Gasteiger partial charge is 0.410 e. The lowest BCUT2D eigenvalue weighted by Crippen LogP contribution is -2.42. The molecule has 13 nitrogen and oxygen atoms in total. The van der Waals surface area contributed by atoms with Crippen molar-refractivity contribution in [3.05, 3.63) is 12.2 Å². The van der Waals surface area contributed by atoms with Crippen molar-refractivity contribution < 1.29 is 29.3 Å². The Hall–Kier alpha value is -3.47. The van der Waals surface area contributed by atoms with E-state index < -0.39 is 30.4 Å². The van der Waals surface area contributed by atoms with Gasteiger partial charge in [-0.05, 0) is 44.4 Å². The minimum absolute atomic E-state index is 0.104. The maximum Gasteiger partial charge on any atom is 0.410 e. The van der Waals surface area contributed by atoms with E-state index in [2.05, 4.69) is 32.1 Å². The largest absolute Gasteiger partial charge is 0.446 e. The number of carbonyl (C=O) groups is 2. The lowest BCUT2D eigenvalue weighted by molar-refractivity contribution is -0.137. The summed E-state index contributed by atoms with van der Waals surface area (Å²) in [5.41, 5.74) is 6.65. The molecule has 5 N–H and O–H groups in total. The SMILES string of the molecule is CCNC(=O)C1OC(n2cnc3c(N)nc(C#CCC4CCN(C(=O)OC5CC5)CC4)nc32)C(O)C1O. The molecule has 2 amide bonds. The highest BCUT2D eigenvalue weighted by molar-refractivity contribution is 5.83. The van der Waals surface area contributed by atoms with Crippen LogP contribution in [0, 0.1) is 17.8 Å². The van der Waals surface area contributed by atoms with Crippen LogP contribution < -0.4 is 11.1 Å². The van der Waals surface area contributed by atoms with Gasteiger partial charge in [-0.2, -0.15) is 0 Å². The molecule has 5 rings (SSSR count). The number of likely N-dealkylation sites (N-methyl/N-ethyl adjacent to an activating group) is 1. The number of carbonyl (C=O) groups excluding carboxylic acids is 2. The van der Waals surface area contributed by atoms with Gasteiger partial charge in [-0.25, -0.2) is 19.7 Å². The predicted octanol–water partition coefficient (Wildman–Crippen LogP) is -0.0836. The number of fused-ring (bicyclic) bond motifs is 1. The third-order valence-corrected chi connectivity index (χ3v) is 6.83. The molecule has 37 heavy (non-hydrogen) atoms. The monoisotopic (exact) mass is 513 g/mol. The summed E-state index contributed by atoms with van der Waals surface area (Å²) in [6, 6.07) is 0. The molecule has 0 bridgehead atoms. The molecule has 2 aliphatic heterocycles. The van der Waals surface area contributed by atoms with Crippen molar-refractivity contribution in [3.63, 3.8) is 0 Å². The van der Waals surface area contributed by atoms with Crippen molar-refractivity contribution >= 4 is 29.0 Å². The molecular weight excluding hydrogens is 482 g/mol. The Morgan fingerprint density at radius 2 is 1.97 bits per heavy atom. The van der Waals surface area contributed by atoms with Crippen LogP contribution in [0.5, 0.6) is 0 Å². The summed E-state index contributed by atoms with van der Waals surface area (Å²) in [5.74, 6) is 6.19. The number of aliphatic hydroxyl groups is 2. The molecule has 1 aliphatic carbocycles. The molecule has 0 spiro atoms. The van der Waals surface area contributed by atoms with Gasteiger partial charge < -0.3 is 35.6 Å². The van der Waals surface area contributed by atoms with Gasteiger partial charge in [0, 0.05) is 26.1 Å². The van der Waals surface area contributed by atoms with E-state index in [4.69, 9.17) is 15.2 Å². The zero-order chi connectivity index (χ0) is 26.1. The van der Waals surface area contributed by atoms with Crippen LogP contribution >= 0.6 is 0 Å². The fourth-order valence-corrected chi connectivity index (χ4v) is 4.56.